The molecule has 0 aliphatic heterocycles. The van der Waals surface area contributed by atoms with Gasteiger partial charge in [0.1, 0.15) is 5.69 Å². The Morgan fingerprint density at radius 2 is 1.52 bits per heavy atom. The van der Waals surface area contributed by atoms with Crippen LogP contribution in [0.1, 0.15) is 11.1 Å². The molecule has 0 saturated heterocycles. The molecule has 2 aromatic rings. The Labute approximate surface area is 124 Å². The molecule has 0 amide bonds. The largest absolute Gasteiger partial charge is 0.417 e. The van der Waals surface area contributed by atoms with E-state index >= 15 is 0 Å². The van der Waals surface area contributed by atoms with Gasteiger partial charge in [-0.1, -0.05) is 18.2 Å². The van der Waals surface area contributed by atoms with Gasteiger partial charge in [0.25, 0.3) is 11.9 Å². The minimum atomic E-state index is -4.67. The van der Waals surface area contributed by atoms with Gasteiger partial charge in [0.2, 0.25) is 11.6 Å². The average molecular weight is 337 g/mol. The maximum Gasteiger partial charge on any atom is 0.417 e. The second kappa shape index (κ2) is 6.23. The fourth-order valence-electron chi connectivity index (χ4n) is 1.62. The van der Waals surface area contributed by atoms with Gasteiger partial charge in [-0.2, -0.15) is 40.8 Å². The zero-order chi connectivity index (χ0) is 17.2. The molecule has 0 saturated carbocycles. The van der Waals surface area contributed by atoms with E-state index in [0.717, 1.165) is 18.2 Å². The zero-order valence-corrected chi connectivity index (χ0v) is 10.9. The quantitative estimate of drug-likeness (QED) is 0.396. The van der Waals surface area contributed by atoms with Gasteiger partial charge in [-0.05, 0) is 6.07 Å². The SMILES string of the molecule is Fc1nc(F)c(F)c(N/N=C/c2ccccc2C(F)(F)F)c1F. The number of pyridine rings is 1. The molecule has 23 heavy (non-hydrogen) atoms. The van der Waals surface area contributed by atoms with Crippen molar-refractivity contribution in [3.05, 3.63) is 58.9 Å². The van der Waals surface area contributed by atoms with E-state index < -0.39 is 46.5 Å². The number of anilines is 1. The molecule has 122 valence electrons. The Hall–Kier alpha value is -2.65. The highest BCUT2D eigenvalue weighted by molar-refractivity contribution is 5.82. The first-order valence-electron chi connectivity index (χ1n) is 5.87. The van der Waals surface area contributed by atoms with Gasteiger partial charge in [0, 0.05) is 5.56 Å². The second-order valence-electron chi connectivity index (χ2n) is 4.15. The Morgan fingerprint density at radius 1 is 0.957 bits per heavy atom. The molecule has 1 N–H and O–H groups in total. The van der Waals surface area contributed by atoms with Crippen LogP contribution in [-0.2, 0) is 6.18 Å². The first-order valence-corrected chi connectivity index (χ1v) is 5.87. The van der Waals surface area contributed by atoms with Crippen molar-refractivity contribution >= 4 is 11.9 Å². The van der Waals surface area contributed by atoms with Crippen molar-refractivity contribution in [3.63, 3.8) is 0 Å². The molecule has 0 aliphatic rings. The molecule has 0 fully saturated rings. The van der Waals surface area contributed by atoms with Crippen LogP contribution in [0, 0.1) is 23.5 Å². The van der Waals surface area contributed by atoms with Crippen LogP contribution < -0.4 is 5.43 Å². The molecule has 0 atom stereocenters. The topological polar surface area (TPSA) is 37.3 Å². The third kappa shape index (κ3) is 3.58. The minimum absolute atomic E-state index is 0.414. The number of hydrogen-bond acceptors (Lipinski definition) is 3. The fraction of sp³-hybridized carbons (Fsp3) is 0.0769. The normalized spacial score (nSPS) is 12.0. The summed E-state index contributed by atoms with van der Waals surface area (Å²) in [6.45, 7) is 0. The number of rotatable bonds is 3. The van der Waals surface area contributed by atoms with Gasteiger partial charge in [-0.15, -0.1) is 0 Å². The summed E-state index contributed by atoms with van der Waals surface area (Å²) in [7, 11) is 0. The van der Waals surface area contributed by atoms with E-state index in [1.54, 1.807) is 5.43 Å². The number of hydrazone groups is 1. The highest BCUT2D eigenvalue weighted by Crippen LogP contribution is 2.31. The van der Waals surface area contributed by atoms with Crippen LogP contribution in [0.2, 0.25) is 0 Å². The lowest BCUT2D eigenvalue weighted by atomic mass is 10.1. The van der Waals surface area contributed by atoms with Crippen LogP contribution in [0.4, 0.5) is 36.4 Å². The van der Waals surface area contributed by atoms with Crippen molar-refractivity contribution in [1.29, 1.82) is 0 Å². The molecule has 1 aromatic heterocycles. The zero-order valence-electron chi connectivity index (χ0n) is 10.9. The molecule has 3 nitrogen and oxygen atoms in total. The van der Waals surface area contributed by atoms with E-state index in [1.807, 2.05) is 0 Å². The number of aromatic nitrogens is 1. The molecule has 0 bridgehead atoms. The van der Waals surface area contributed by atoms with E-state index in [2.05, 4.69) is 10.1 Å². The molecule has 0 spiro atoms. The molecular formula is C13H6F7N3. The van der Waals surface area contributed by atoms with Crippen LogP contribution >= 0.6 is 0 Å². The molecule has 1 heterocycles. The second-order valence-corrected chi connectivity index (χ2v) is 4.15. The van der Waals surface area contributed by atoms with Crippen LogP contribution in [0.15, 0.2) is 29.4 Å². The molecule has 1 aromatic carbocycles. The first-order chi connectivity index (χ1) is 10.7. The third-order valence-corrected chi connectivity index (χ3v) is 2.64. The monoisotopic (exact) mass is 337 g/mol. The van der Waals surface area contributed by atoms with E-state index in [0.29, 0.717) is 6.21 Å². The lowest BCUT2D eigenvalue weighted by molar-refractivity contribution is -0.137. The van der Waals surface area contributed by atoms with Gasteiger partial charge >= 0.3 is 6.18 Å². The highest BCUT2D eigenvalue weighted by atomic mass is 19.4. The maximum absolute atomic E-state index is 13.3. The van der Waals surface area contributed by atoms with Gasteiger partial charge in [0.15, 0.2) is 0 Å². The summed E-state index contributed by atoms with van der Waals surface area (Å²) in [5.41, 5.74) is -1.14. The van der Waals surface area contributed by atoms with Crippen molar-refractivity contribution in [3.8, 4) is 0 Å². The molecule has 0 aliphatic carbocycles. The number of nitrogens with one attached hydrogen (secondary N) is 1. The molecule has 0 radical (unpaired) electrons. The molecular weight excluding hydrogens is 331 g/mol. The summed E-state index contributed by atoms with van der Waals surface area (Å²) in [5.74, 6) is -7.55. The lowest BCUT2D eigenvalue weighted by Crippen LogP contribution is -2.09. The Bertz CT molecular complexity index is 730. The van der Waals surface area contributed by atoms with E-state index in [-0.39, 0.29) is 0 Å². The van der Waals surface area contributed by atoms with Crippen molar-refractivity contribution < 1.29 is 30.7 Å². The van der Waals surface area contributed by atoms with Crippen LogP contribution in [0.3, 0.4) is 0 Å². The molecule has 2 rings (SSSR count). The summed E-state index contributed by atoms with van der Waals surface area (Å²) in [6.07, 6.45) is -4.06. The number of nitrogens with zero attached hydrogens (tertiary/aromatic N) is 2. The van der Waals surface area contributed by atoms with E-state index in [4.69, 9.17) is 0 Å². The lowest BCUT2D eigenvalue weighted by Gasteiger charge is -2.09. The number of alkyl halides is 3. The predicted octanol–water partition coefficient (Wildman–Crippen LogP) is 4.10. The van der Waals surface area contributed by atoms with Crippen LogP contribution in [-0.4, -0.2) is 11.2 Å². The predicted molar refractivity (Wildman–Crippen MR) is 66.7 cm³/mol. The maximum atomic E-state index is 13.3. The van der Waals surface area contributed by atoms with Crippen molar-refractivity contribution in [2.75, 3.05) is 5.43 Å². The van der Waals surface area contributed by atoms with Crippen molar-refractivity contribution in [2.45, 2.75) is 6.18 Å². The summed E-state index contributed by atoms with van der Waals surface area (Å²) in [5, 5.41) is 3.17. The first kappa shape index (κ1) is 16.7. The van der Waals surface area contributed by atoms with Gasteiger partial charge in [0.05, 0.1) is 11.8 Å². The van der Waals surface area contributed by atoms with Crippen molar-refractivity contribution in [1.82, 2.24) is 4.98 Å². The fourth-order valence-corrected chi connectivity index (χ4v) is 1.62. The number of halogens is 7. The minimum Gasteiger partial charge on any atom is -0.272 e. The van der Waals surface area contributed by atoms with E-state index in [9.17, 15) is 30.7 Å². The summed E-state index contributed by atoms with van der Waals surface area (Å²) in [6, 6.07) is 4.24. The Balaban J connectivity index is 2.31. The number of hydrogen-bond donors (Lipinski definition) is 1. The molecule has 10 heteroatoms. The average Bonchev–Trinajstić information content (AvgIpc) is 2.48. The van der Waals surface area contributed by atoms with Crippen LogP contribution in [0.5, 0.6) is 0 Å². The highest BCUT2D eigenvalue weighted by Gasteiger charge is 2.32. The van der Waals surface area contributed by atoms with Crippen LogP contribution in [0.25, 0.3) is 0 Å². The summed E-state index contributed by atoms with van der Waals surface area (Å²) in [4.78, 5) is 2.32. The Kier molecular flexibility index (Phi) is 4.52. The Morgan fingerprint density at radius 3 is 2.09 bits per heavy atom. The molecule has 0 unspecified atom stereocenters. The van der Waals surface area contributed by atoms with Gasteiger partial charge in [-0.3, -0.25) is 5.43 Å². The number of benzene rings is 1. The summed E-state index contributed by atoms with van der Waals surface area (Å²) < 4.78 is 90.4. The van der Waals surface area contributed by atoms with Gasteiger partial charge < -0.3 is 0 Å². The smallest absolute Gasteiger partial charge is 0.272 e. The standard InChI is InChI=1S/C13H6F7N3/c14-8-10(9(15)12(17)22-11(8)16)23-21-5-6-3-1-2-4-7(6)13(18,19)20/h1-5H,(H,22,23)/b21-5+. The van der Waals surface area contributed by atoms with Crippen molar-refractivity contribution in [2.24, 2.45) is 5.10 Å². The third-order valence-electron chi connectivity index (χ3n) is 2.64. The summed E-state index contributed by atoms with van der Waals surface area (Å²) >= 11 is 0. The van der Waals surface area contributed by atoms with E-state index in [1.165, 1.54) is 6.07 Å². The van der Waals surface area contributed by atoms with Gasteiger partial charge in [-0.25, -0.2) is 0 Å².